The van der Waals surface area contributed by atoms with E-state index in [0.29, 0.717) is 11.5 Å². The van der Waals surface area contributed by atoms with Gasteiger partial charge in [-0.1, -0.05) is 42.5 Å². The lowest BCUT2D eigenvalue weighted by Crippen LogP contribution is -2.53. The van der Waals surface area contributed by atoms with Crippen LogP contribution in [0.3, 0.4) is 0 Å². The Morgan fingerprint density at radius 3 is 2.20 bits per heavy atom. The van der Waals surface area contributed by atoms with Crippen LogP contribution in [0.2, 0.25) is 0 Å². The second kappa shape index (κ2) is 4.34. The quantitative estimate of drug-likeness (QED) is 0.685. The molecule has 2 nitrogen and oxygen atoms in total. The Kier molecular flexibility index (Phi) is 2.69. The van der Waals surface area contributed by atoms with E-state index in [1.54, 1.807) is 11.8 Å². The molecular weight excluding hydrogens is 268 g/mol. The summed E-state index contributed by atoms with van der Waals surface area (Å²) < 4.78 is 0. The van der Waals surface area contributed by atoms with E-state index in [1.165, 1.54) is 0 Å². The van der Waals surface area contributed by atoms with Crippen molar-refractivity contribution in [2.45, 2.75) is 10.5 Å². The minimum absolute atomic E-state index is 0.0498. The molecule has 3 heteroatoms. The summed E-state index contributed by atoms with van der Waals surface area (Å²) in [6, 6.07) is 10.1. The molecule has 20 heavy (non-hydrogen) atoms. The summed E-state index contributed by atoms with van der Waals surface area (Å²) in [6.45, 7) is 0. The smallest absolute Gasteiger partial charge is 0.147 e. The molecule has 0 aliphatic heterocycles. The van der Waals surface area contributed by atoms with Gasteiger partial charge in [-0.05, 0) is 12.1 Å². The van der Waals surface area contributed by atoms with Crippen LogP contribution in [0.4, 0.5) is 0 Å². The Morgan fingerprint density at radius 1 is 1.00 bits per heavy atom. The van der Waals surface area contributed by atoms with Crippen LogP contribution in [0.5, 0.6) is 0 Å². The summed E-state index contributed by atoms with van der Waals surface area (Å²) in [5.74, 6) is 0.603. The predicted molar refractivity (Wildman–Crippen MR) is 79.4 cm³/mol. The first-order valence-corrected chi connectivity index (χ1v) is 7.99. The fourth-order valence-corrected chi connectivity index (χ4v) is 4.94. The zero-order valence-electron chi connectivity index (χ0n) is 11.0. The predicted octanol–water partition coefficient (Wildman–Crippen LogP) is 2.70. The van der Waals surface area contributed by atoms with Crippen LogP contribution < -0.4 is 0 Å². The van der Waals surface area contributed by atoms with Crippen LogP contribution in [-0.4, -0.2) is 22.2 Å². The van der Waals surface area contributed by atoms with Crippen molar-refractivity contribution in [3.05, 3.63) is 54.6 Å². The molecule has 4 atom stereocenters. The molecule has 4 unspecified atom stereocenters. The Balaban J connectivity index is 1.58. The van der Waals surface area contributed by atoms with E-state index in [1.807, 2.05) is 30.4 Å². The molecule has 1 saturated carbocycles. The number of rotatable bonds is 3. The third kappa shape index (κ3) is 1.60. The lowest BCUT2D eigenvalue weighted by molar-refractivity contribution is -0.138. The molecule has 0 saturated heterocycles. The maximum absolute atomic E-state index is 12.2. The van der Waals surface area contributed by atoms with E-state index in [-0.39, 0.29) is 23.7 Å². The molecule has 3 aliphatic rings. The van der Waals surface area contributed by atoms with Gasteiger partial charge in [0.05, 0.1) is 5.60 Å². The molecule has 0 heterocycles. The Bertz CT molecular complexity index is 579. The Labute approximate surface area is 122 Å². The highest BCUT2D eigenvalue weighted by Gasteiger charge is 2.60. The molecule has 4 rings (SSSR count). The number of benzene rings is 1. The minimum atomic E-state index is -0.784. The third-order valence-corrected chi connectivity index (χ3v) is 6.06. The van der Waals surface area contributed by atoms with Gasteiger partial charge in [0.2, 0.25) is 0 Å². The van der Waals surface area contributed by atoms with E-state index in [9.17, 15) is 9.90 Å². The number of aliphatic hydroxyl groups is 1. The molecule has 1 N–H and O–H groups in total. The van der Waals surface area contributed by atoms with Crippen molar-refractivity contribution in [2.24, 2.45) is 23.7 Å². The van der Waals surface area contributed by atoms with Crippen LogP contribution in [0, 0.1) is 23.7 Å². The van der Waals surface area contributed by atoms with Crippen LogP contribution in [0.1, 0.15) is 0 Å². The Hall–Kier alpha value is -1.32. The normalized spacial score (nSPS) is 40.5. The van der Waals surface area contributed by atoms with Crippen LogP contribution >= 0.6 is 11.8 Å². The largest absolute Gasteiger partial charge is 0.388 e. The Morgan fingerprint density at radius 2 is 1.60 bits per heavy atom. The second-order valence-corrected chi connectivity index (χ2v) is 6.92. The average molecular weight is 284 g/mol. The van der Waals surface area contributed by atoms with E-state index in [0.717, 1.165) is 4.90 Å². The molecule has 3 aliphatic carbocycles. The molecule has 1 aromatic rings. The fraction of sp³-hybridized carbons (Fsp3) is 0.353. The highest BCUT2D eigenvalue weighted by Crippen LogP contribution is 2.54. The number of hydrogen-bond donors (Lipinski definition) is 1. The van der Waals surface area contributed by atoms with Gasteiger partial charge in [0.15, 0.2) is 0 Å². The standard InChI is InChI=1S/C17H16O2S/c18-16-12-6-7-13(16)15-9-8-14(12)17(15,19)10-20-11-4-2-1-3-5-11/h1-9,12-15,19H,10H2. The van der Waals surface area contributed by atoms with Crippen molar-refractivity contribution in [3.63, 3.8) is 0 Å². The van der Waals surface area contributed by atoms with E-state index < -0.39 is 5.60 Å². The molecule has 0 spiro atoms. The highest BCUT2D eigenvalue weighted by atomic mass is 32.2. The number of carbonyl (C=O) groups is 1. The lowest BCUT2D eigenvalue weighted by atomic mass is 9.67. The molecular formula is C17H16O2S. The lowest BCUT2D eigenvalue weighted by Gasteiger charge is -2.42. The molecule has 4 bridgehead atoms. The summed E-state index contributed by atoms with van der Waals surface area (Å²) in [5, 5.41) is 11.2. The molecule has 0 radical (unpaired) electrons. The van der Waals surface area contributed by atoms with E-state index >= 15 is 0 Å². The van der Waals surface area contributed by atoms with E-state index in [2.05, 4.69) is 24.3 Å². The first-order chi connectivity index (χ1) is 9.70. The maximum Gasteiger partial charge on any atom is 0.147 e. The van der Waals surface area contributed by atoms with Crippen molar-refractivity contribution in [1.29, 1.82) is 0 Å². The topological polar surface area (TPSA) is 37.3 Å². The second-order valence-electron chi connectivity index (χ2n) is 5.87. The van der Waals surface area contributed by atoms with Gasteiger partial charge < -0.3 is 5.11 Å². The van der Waals surface area contributed by atoms with Crippen molar-refractivity contribution in [2.75, 3.05) is 5.75 Å². The zero-order chi connectivity index (χ0) is 13.7. The van der Waals surface area contributed by atoms with Gasteiger partial charge in [0.25, 0.3) is 0 Å². The van der Waals surface area contributed by atoms with Crippen LogP contribution in [0.15, 0.2) is 59.5 Å². The number of fused-ring (bicyclic) bond motifs is 6. The van der Waals surface area contributed by atoms with Gasteiger partial charge in [-0.15, -0.1) is 11.8 Å². The van der Waals surface area contributed by atoms with Crippen LogP contribution in [0.25, 0.3) is 0 Å². The molecule has 102 valence electrons. The number of hydrogen-bond acceptors (Lipinski definition) is 3. The third-order valence-electron chi connectivity index (χ3n) is 4.85. The first-order valence-electron chi connectivity index (χ1n) is 7.01. The fourth-order valence-electron chi connectivity index (χ4n) is 3.81. The summed E-state index contributed by atoms with van der Waals surface area (Å²) in [4.78, 5) is 13.4. The molecule has 1 fully saturated rings. The van der Waals surface area contributed by atoms with Gasteiger partial charge in [-0.3, -0.25) is 4.79 Å². The summed E-state index contributed by atoms with van der Waals surface area (Å²) in [7, 11) is 0. The van der Waals surface area contributed by atoms with E-state index in [4.69, 9.17) is 0 Å². The van der Waals surface area contributed by atoms with Gasteiger partial charge in [-0.2, -0.15) is 0 Å². The van der Waals surface area contributed by atoms with Crippen molar-refractivity contribution < 1.29 is 9.90 Å². The summed E-state index contributed by atoms with van der Waals surface area (Å²) in [5.41, 5.74) is -0.784. The van der Waals surface area contributed by atoms with Gasteiger partial charge in [0.1, 0.15) is 5.78 Å². The number of Topliss-reactive ketones (excluding diaryl/α,β-unsaturated/α-hetero) is 1. The monoisotopic (exact) mass is 284 g/mol. The summed E-state index contributed by atoms with van der Waals surface area (Å²) in [6.07, 6.45) is 8.11. The highest BCUT2D eigenvalue weighted by molar-refractivity contribution is 7.99. The first kappa shape index (κ1) is 12.4. The number of allylic oxidation sites excluding steroid dienone is 2. The van der Waals surface area contributed by atoms with Crippen molar-refractivity contribution in [3.8, 4) is 0 Å². The minimum Gasteiger partial charge on any atom is -0.388 e. The SMILES string of the molecule is O=C1C2C=CC1C1C=CC2C1(O)CSc1ccccc1. The molecule has 1 aromatic carbocycles. The van der Waals surface area contributed by atoms with Crippen LogP contribution in [-0.2, 0) is 4.79 Å². The number of carbonyl (C=O) groups excluding carboxylic acids is 1. The van der Waals surface area contributed by atoms with Gasteiger partial charge >= 0.3 is 0 Å². The molecule has 0 aromatic heterocycles. The average Bonchev–Trinajstić information content (AvgIpc) is 2.87. The van der Waals surface area contributed by atoms with Gasteiger partial charge in [0, 0.05) is 34.3 Å². The zero-order valence-corrected chi connectivity index (χ0v) is 11.8. The van der Waals surface area contributed by atoms with Gasteiger partial charge in [-0.25, -0.2) is 0 Å². The maximum atomic E-state index is 12.2. The molecule has 0 amide bonds. The number of ketones is 1. The number of thioether (sulfide) groups is 1. The van der Waals surface area contributed by atoms with Crippen molar-refractivity contribution >= 4 is 17.5 Å². The van der Waals surface area contributed by atoms with Crippen molar-refractivity contribution in [1.82, 2.24) is 0 Å². The summed E-state index contributed by atoms with van der Waals surface area (Å²) >= 11 is 1.68.